The van der Waals surface area contributed by atoms with Gasteiger partial charge in [-0.2, -0.15) is 5.26 Å². The van der Waals surface area contributed by atoms with E-state index in [-0.39, 0.29) is 5.92 Å². The number of hydrogen-bond donors (Lipinski definition) is 1. The summed E-state index contributed by atoms with van der Waals surface area (Å²) in [6.07, 6.45) is 3.90. The van der Waals surface area contributed by atoms with Gasteiger partial charge in [-0.1, -0.05) is 6.92 Å². The molecule has 86 valence electrons. The zero-order chi connectivity index (χ0) is 11.5. The van der Waals surface area contributed by atoms with Crippen LogP contribution in [0.25, 0.3) is 0 Å². The summed E-state index contributed by atoms with van der Waals surface area (Å²) in [7, 11) is 2.14. The first kappa shape index (κ1) is 11.2. The Morgan fingerprint density at radius 2 is 2.56 bits per heavy atom. The van der Waals surface area contributed by atoms with Gasteiger partial charge in [-0.05, 0) is 26.4 Å². The number of rotatable bonds is 3. The van der Waals surface area contributed by atoms with Crippen LogP contribution in [-0.4, -0.2) is 35.0 Å². The van der Waals surface area contributed by atoms with Gasteiger partial charge >= 0.3 is 0 Å². The van der Waals surface area contributed by atoms with Crippen LogP contribution in [0.3, 0.4) is 0 Å². The maximum absolute atomic E-state index is 8.98. The van der Waals surface area contributed by atoms with Crippen LogP contribution >= 0.6 is 0 Å². The number of likely N-dealkylation sites (N-methyl/N-ethyl adjacent to an activating group) is 1. The Kier molecular flexibility index (Phi) is 3.25. The highest BCUT2D eigenvalue weighted by molar-refractivity contribution is 5.16. The standard InChI is InChI=1S/C12H18N4/c1-3-9(6-13)12-14-7-11(15-12)10-4-5-16(2)8-10/h7,9-10H,3-5,8H2,1-2H3,(H,14,15). The predicted octanol–water partition coefficient (Wildman–Crippen LogP) is 1.85. The summed E-state index contributed by atoms with van der Waals surface area (Å²) in [4.78, 5) is 9.97. The second kappa shape index (κ2) is 4.67. The molecule has 2 heterocycles. The molecule has 4 nitrogen and oxygen atoms in total. The average Bonchev–Trinajstić information content (AvgIpc) is 2.89. The monoisotopic (exact) mass is 218 g/mol. The maximum atomic E-state index is 8.98. The number of nitriles is 1. The lowest BCUT2D eigenvalue weighted by Gasteiger charge is -2.08. The van der Waals surface area contributed by atoms with E-state index in [1.165, 1.54) is 12.1 Å². The van der Waals surface area contributed by atoms with Crippen molar-refractivity contribution in [2.45, 2.75) is 31.6 Å². The quantitative estimate of drug-likeness (QED) is 0.842. The van der Waals surface area contributed by atoms with E-state index in [9.17, 15) is 0 Å². The molecular weight excluding hydrogens is 200 g/mol. The molecule has 1 fully saturated rings. The van der Waals surface area contributed by atoms with Crippen molar-refractivity contribution in [1.82, 2.24) is 14.9 Å². The maximum Gasteiger partial charge on any atom is 0.123 e. The van der Waals surface area contributed by atoms with E-state index in [0.29, 0.717) is 5.92 Å². The first-order chi connectivity index (χ1) is 7.74. The van der Waals surface area contributed by atoms with Gasteiger partial charge < -0.3 is 9.88 Å². The molecule has 2 atom stereocenters. The van der Waals surface area contributed by atoms with Crippen LogP contribution in [0.15, 0.2) is 6.20 Å². The molecule has 0 spiro atoms. The van der Waals surface area contributed by atoms with Gasteiger partial charge in [0.2, 0.25) is 0 Å². The van der Waals surface area contributed by atoms with Gasteiger partial charge in [0.05, 0.1) is 6.07 Å². The van der Waals surface area contributed by atoms with Crippen molar-refractivity contribution >= 4 is 0 Å². The highest BCUT2D eigenvalue weighted by Crippen LogP contribution is 2.26. The first-order valence-electron chi connectivity index (χ1n) is 5.87. The van der Waals surface area contributed by atoms with Crippen molar-refractivity contribution in [3.63, 3.8) is 0 Å². The third kappa shape index (κ3) is 2.10. The van der Waals surface area contributed by atoms with Crippen LogP contribution in [0.1, 0.15) is 43.1 Å². The van der Waals surface area contributed by atoms with Crippen molar-refractivity contribution in [2.24, 2.45) is 0 Å². The summed E-state index contributed by atoms with van der Waals surface area (Å²) in [6, 6.07) is 2.28. The summed E-state index contributed by atoms with van der Waals surface area (Å²) in [5.74, 6) is 1.30. The highest BCUT2D eigenvalue weighted by atomic mass is 15.1. The van der Waals surface area contributed by atoms with Crippen molar-refractivity contribution in [3.8, 4) is 6.07 Å². The fourth-order valence-corrected chi connectivity index (χ4v) is 2.27. The highest BCUT2D eigenvalue weighted by Gasteiger charge is 2.23. The molecule has 0 aliphatic carbocycles. The Bertz CT molecular complexity index is 390. The van der Waals surface area contributed by atoms with Crippen LogP contribution < -0.4 is 0 Å². The lowest BCUT2D eigenvalue weighted by atomic mass is 10.1. The van der Waals surface area contributed by atoms with Gasteiger partial charge in [-0.3, -0.25) is 0 Å². The molecule has 1 saturated heterocycles. The van der Waals surface area contributed by atoms with Gasteiger partial charge in [0.25, 0.3) is 0 Å². The number of aromatic nitrogens is 2. The van der Waals surface area contributed by atoms with Gasteiger partial charge in [0.15, 0.2) is 0 Å². The second-order valence-corrected chi connectivity index (χ2v) is 4.56. The Labute approximate surface area is 96.3 Å². The van der Waals surface area contributed by atoms with Gasteiger partial charge in [-0.25, -0.2) is 4.98 Å². The summed E-state index contributed by atoms with van der Waals surface area (Å²) in [5.41, 5.74) is 1.19. The minimum Gasteiger partial charge on any atom is -0.344 e. The third-order valence-corrected chi connectivity index (χ3v) is 3.34. The van der Waals surface area contributed by atoms with E-state index in [1.54, 1.807) is 0 Å². The van der Waals surface area contributed by atoms with E-state index < -0.39 is 0 Å². The van der Waals surface area contributed by atoms with Gasteiger partial charge in [-0.15, -0.1) is 0 Å². The molecule has 0 aromatic carbocycles. The molecule has 0 radical (unpaired) electrons. The second-order valence-electron chi connectivity index (χ2n) is 4.56. The number of likely N-dealkylation sites (tertiary alicyclic amines) is 1. The van der Waals surface area contributed by atoms with Gasteiger partial charge in [0.1, 0.15) is 11.7 Å². The molecule has 0 saturated carbocycles. The van der Waals surface area contributed by atoms with Crippen molar-refractivity contribution < 1.29 is 0 Å². The normalized spacial score (nSPS) is 23.2. The topological polar surface area (TPSA) is 55.7 Å². The summed E-state index contributed by atoms with van der Waals surface area (Å²) < 4.78 is 0. The SMILES string of the molecule is CCC(C#N)c1ncc(C2CCN(C)C2)[nH]1. The van der Waals surface area contributed by atoms with E-state index >= 15 is 0 Å². The van der Waals surface area contributed by atoms with Crippen molar-refractivity contribution in [1.29, 1.82) is 5.26 Å². The first-order valence-corrected chi connectivity index (χ1v) is 5.87. The molecular formula is C12H18N4. The molecule has 4 heteroatoms. The number of imidazole rings is 1. The number of nitrogens with one attached hydrogen (secondary N) is 1. The number of hydrogen-bond acceptors (Lipinski definition) is 3. The largest absolute Gasteiger partial charge is 0.344 e. The van der Waals surface area contributed by atoms with Gasteiger partial charge in [0, 0.05) is 24.4 Å². The zero-order valence-corrected chi connectivity index (χ0v) is 9.90. The Morgan fingerprint density at radius 3 is 3.12 bits per heavy atom. The minimum absolute atomic E-state index is 0.0899. The lowest BCUT2D eigenvalue weighted by molar-refractivity contribution is 0.411. The molecule has 1 aromatic rings. The van der Waals surface area contributed by atoms with Crippen molar-refractivity contribution in [2.75, 3.05) is 20.1 Å². The number of nitrogens with zero attached hydrogens (tertiary/aromatic N) is 3. The van der Waals surface area contributed by atoms with Crippen LogP contribution in [0, 0.1) is 11.3 Å². The fourth-order valence-electron chi connectivity index (χ4n) is 2.27. The zero-order valence-electron chi connectivity index (χ0n) is 9.90. The molecule has 0 bridgehead atoms. The van der Waals surface area contributed by atoms with Crippen molar-refractivity contribution in [3.05, 3.63) is 17.7 Å². The fraction of sp³-hybridized carbons (Fsp3) is 0.667. The average molecular weight is 218 g/mol. The van der Waals surface area contributed by atoms with E-state index in [2.05, 4.69) is 28.0 Å². The minimum atomic E-state index is -0.0899. The molecule has 16 heavy (non-hydrogen) atoms. The molecule has 1 aliphatic heterocycles. The Morgan fingerprint density at radius 1 is 1.75 bits per heavy atom. The summed E-state index contributed by atoms with van der Waals surface area (Å²) >= 11 is 0. The molecule has 2 rings (SSSR count). The lowest BCUT2D eigenvalue weighted by Crippen LogP contribution is -2.13. The van der Waals surface area contributed by atoms with Crippen LogP contribution in [0.4, 0.5) is 0 Å². The molecule has 1 aromatic heterocycles. The van der Waals surface area contributed by atoms with Crippen LogP contribution in [0.2, 0.25) is 0 Å². The van der Waals surface area contributed by atoms with Crippen LogP contribution in [0.5, 0.6) is 0 Å². The summed E-state index contributed by atoms with van der Waals surface area (Å²) in [6.45, 7) is 4.25. The Hall–Kier alpha value is -1.34. The van der Waals surface area contributed by atoms with E-state index in [1.807, 2.05) is 13.1 Å². The third-order valence-electron chi connectivity index (χ3n) is 3.34. The van der Waals surface area contributed by atoms with Crippen LogP contribution in [-0.2, 0) is 0 Å². The molecule has 2 unspecified atom stereocenters. The molecule has 1 aliphatic rings. The number of aromatic amines is 1. The predicted molar refractivity (Wildman–Crippen MR) is 62.1 cm³/mol. The smallest absolute Gasteiger partial charge is 0.123 e. The molecule has 1 N–H and O–H groups in total. The van der Waals surface area contributed by atoms with E-state index in [4.69, 9.17) is 5.26 Å². The molecule has 0 amide bonds. The summed E-state index contributed by atoms with van der Waals surface area (Å²) in [5, 5.41) is 8.98. The number of H-pyrrole nitrogens is 1. The van der Waals surface area contributed by atoms with E-state index in [0.717, 1.165) is 25.3 Å². The Balaban J connectivity index is 2.11.